The Morgan fingerprint density at radius 1 is 1.45 bits per heavy atom. The van der Waals surface area contributed by atoms with Crippen molar-refractivity contribution < 1.29 is 4.79 Å². The van der Waals surface area contributed by atoms with Crippen molar-refractivity contribution in [2.24, 2.45) is 0 Å². The van der Waals surface area contributed by atoms with Crippen LogP contribution in [0.4, 0.5) is 11.4 Å². The maximum Gasteiger partial charge on any atom is 0.234 e. The van der Waals surface area contributed by atoms with Crippen molar-refractivity contribution in [2.75, 3.05) is 16.8 Å². The summed E-state index contributed by atoms with van der Waals surface area (Å²) >= 11 is 4.72. The molecule has 0 atom stereocenters. The number of halogens is 1. The lowest BCUT2D eigenvalue weighted by molar-refractivity contribution is -0.113. The van der Waals surface area contributed by atoms with Crippen LogP contribution in [0.25, 0.3) is 0 Å². The van der Waals surface area contributed by atoms with E-state index in [1.807, 2.05) is 25.1 Å². The number of nitrogens with one attached hydrogen (secondary N) is 1. The predicted octanol–water partition coefficient (Wildman–Crippen LogP) is 3.47. The van der Waals surface area contributed by atoms with Gasteiger partial charge in [-0.15, -0.1) is 0 Å². The minimum atomic E-state index is -0.0783. The van der Waals surface area contributed by atoms with E-state index in [2.05, 4.69) is 26.2 Å². The number of carbonyl (C=O) groups excluding carboxylic acids is 1. The Morgan fingerprint density at radius 2 is 2.25 bits per heavy atom. The van der Waals surface area contributed by atoms with E-state index in [4.69, 9.17) is 5.73 Å². The Hall–Kier alpha value is -1.53. The van der Waals surface area contributed by atoms with Crippen LogP contribution < -0.4 is 11.1 Å². The lowest BCUT2D eigenvalue weighted by atomic mass is 10.2. The first kappa shape index (κ1) is 14.9. The Labute approximate surface area is 130 Å². The fraction of sp³-hybridized carbons (Fsp3) is 0.143. The van der Waals surface area contributed by atoms with Crippen LogP contribution >= 0.6 is 27.7 Å². The summed E-state index contributed by atoms with van der Waals surface area (Å²) in [5.74, 6) is 0.196. The molecule has 2 rings (SSSR count). The van der Waals surface area contributed by atoms with Crippen molar-refractivity contribution in [1.82, 2.24) is 4.98 Å². The molecule has 1 aromatic heterocycles. The molecular formula is C14H14BrN3OS. The summed E-state index contributed by atoms with van der Waals surface area (Å²) in [6.07, 6.45) is 1.66. The van der Waals surface area contributed by atoms with E-state index in [1.54, 1.807) is 18.3 Å². The molecule has 0 saturated heterocycles. The first-order valence-electron chi connectivity index (χ1n) is 5.95. The number of pyridine rings is 1. The highest BCUT2D eigenvalue weighted by Crippen LogP contribution is 2.23. The van der Waals surface area contributed by atoms with E-state index >= 15 is 0 Å². The van der Waals surface area contributed by atoms with Gasteiger partial charge in [-0.2, -0.15) is 0 Å². The monoisotopic (exact) mass is 351 g/mol. The molecule has 0 fully saturated rings. The summed E-state index contributed by atoms with van der Waals surface area (Å²) in [5, 5.41) is 3.55. The predicted molar refractivity (Wildman–Crippen MR) is 86.9 cm³/mol. The highest BCUT2D eigenvalue weighted by atomic mass is 79.9. The standard InChI is InChI=1S/C14H14BrN3OS/c1-9-7-10(15)4-5-12(9)18-13(19)8-20-14-11(16)3-2-6-17-14/h2-7H,8,16H2,1H3,(H,18,19). The third-order valence-electron chi connectivity index (χ3n) is 2.60. The maximum absolute atomic E-state index is 11.9. The van der Waals surface area contributed by atoms with Crippen LogP contribution in [-0.2, 0) is 4.79 Å². The van der Waals surface area contributed by atoms with Gasteiger partial charge in [0.15, 0.2) is 0 Å². The first-order chi connectivity index (χ1) is 9.56. The Morgan fingerprint density at radius 3 is 2.95 bits per heavy atom. The van der Waals surface area contributed by atoms with E-state index in [0.717, 1.165) is 15.7 Å². The molecular weight excluding hydrogens is 338 g/mol. The highest BCUT2D eigenvalue weighted by Gasteiger charge is 2.08. The average Bonchev–Trinajstić information content (AvgIpc) is 2.41. The van der Waals surface area contributed by atoms with Gasteiger partial charge in [0.2, 0.25) is 5.91 Å². The zero-order valence-electron chi connectivity index (χ0n) is 10.9. The van der Waals surface area contributed by atoms with E-state index in [0.29, 0.717) is 10.7 Å². The van der Waals surface area contributed by atoms with Crippen LogP contribution in [0.15, 0.2) is 46.0 Å². The minimum Gasteiger partial charge on any atom is -0.397 e. The van der Waals surface area contributed by atoms with Crippen LogP contribution in [0.1, 0.15) is 5.56 Å². The largest absolute Gasteiger partial charge is 0.397 e. The van der Waals surface area contributed by atoms with Gasteiger partial charge in [0.25, 0.3) is 0 Å². The number of aryl methyl sites for hydroxylation is 1. The summed E-state index contributed by atoms with van der Waals surface area (Å²) in [5.41, 5.74) is 8.19. The number of hydrogen-bond acceptors (Lipinski definition) is 4. The van der Waals surface area contributed by atoms with Crippen LogP contribution in [0.3, 0.4) is 0 Å². The SMILES string of the molecule is Cc1cc(Br)ccc1NC(=O)CSc1ncccc1N. The van der Waals surface area contributed by atoms with Crippen molar-refractivity contribution in [1.29, 1.82) is 0 Å². The number of aromatic nitrogens is 1. The van der Waals surface area contributed by atoms with Gasteiger partial charge in [-0.3, -0.25) is 4.79 Å². The summed E-state index contributed by atoms with van der Waals surface area (Å²) in [6, 6.07) is 9.26. The normalized spacial score (nSPS) is 10.3. The van der Waals surface area contributed by atoms with Crippen LogP contribution in [-0.4, -0.2) is 16.6 Å². The zero-order valence-corrected chi connectivity index (χ0v) is 13.3. The van der Waals surface area contributed by atoms with Gasteiger partial charge in [-0.25, -0.2) is 4.98 Å². The second-order valence-corrected chi connectivity index (χ2v) is 6.07. The fourth-order valence-electron chi connectivity index (χ4n) is 1.61. The number of nitrogens with zero attached hydrogens (tertiary/aromatic N) is 1. The zero-order chi connectivity index (χ0) is 14.5. The topological polar surface area (TPSA) is 68.0 Å². The number of amides is 1. The quantitative estimate of drug-likeness (QED) is 0.827. The fourth-order valence-corrected chi connectivity index (χ4v) is 2.80. The number of nitrogen functional groups attached to an aromatic ring is 1. The second kappa shape index (κ2) is 6.76. The highest BCUT2D eigenvalue weighted by molar-refractivity contribution is 9.10. The van der Waals surface area contributed by atoms with Gasteiger partial charge in [0.1, 0.15) is 5.03 Å². The number of thioether (sulfide) groups is 1. The molecule has 0 aliphatic rings. The smallest absolute Gasteiger partial charge is 0.234 e. The summed E-state index contributed by atoms with van der Waals surface area (Å²) in [7, 11) is 0. The van der Waals surface area contributed by atoms with Crippen LogP contribution in [0, 0.1) is 6.92 Å². The van der Waals surface area contributed by atoms with Gasteiger partial charge in [0.05, 0.1) is 11.4 Å². The molecule has 3 N–H and O–H groups in total. The number of anilines is 2. The Balaban J connectivity index is 1.94. The number of nitrogens with two attached hydrogens (primary N) is 1. The minimum absolute atomic E-state index is 0.0783. The number of benzene rings is 1. The lowest BCUT2D eigenvalue weighted by Crippen LogP contribution is -2.15. The third-order valence-corrected chi connectivity index (χ3v) is 4.12. The molecule has 4 nitrogen and oxygen atoms in total. The van der Waals surface area contributed by atoms with E-state index in [9.17, 15) is 4.79 Å². The van der Waals surface area contributed by atoms with E-state index in [1.165, 1.54) is 11.8 Å². The van der Waals surface area contributed by atoms with Crippen molar-refractivity contribution in [3.05, 3.63) is 46.6 Å². The average molecular weight is 352 g/mol. The number of rotatable bonds is 4. The molecule has 0 saturated carbocycles. The molecule has 20 heavy (non-hydrogen) atoms. The molecule has 0 spiro atoms. The molecule has 1 amide bonds. The molecule has 0 radical (unpaired) electrons. The molecule has 0 unspecified atom stereocenters. The van der Waals surface area contributed by atoms with Crippen molar-refractivity contribution in [3.63, 3.8) is 0 Å². The molecule has 0 aliphatic carbocycles. The van der Waals surface area contributed by atoms with Crippen molar-refractivity contribution >= 4 is 45.0 Å². The lowest BCUT2D eigenvalue weighted by Gasteiger charge is -2.09. The number of hydrogen-bond donors (Lipinski definition) is 2. The van der Waals surface area contributed by atoms with Crippen LogP contribution in [0.5, 0.6) is 0 Å². The molecule has 1 heterocycles. The molecule has 0 aliphatic heterocycles. The molecule has 2 aromatic rings. The molecule has 6 heteroatoms. The summed E-state index contributed by atoms with van der Waals surface area (Å²) < 4.78 is 0.989. The Kier molecular flexibility index (Phi) is 5.03. The van der Waals surface area contributed by atoms with Crippen LogP contribution in [0.2, 0.25) is 0 Å². The van der Waals surface area contributed by atoms with Gasteiger partial charge in [0, 0.05) is 16.4 Å². The molecule has 104 valence electrons. The number of carbonyl (C=O) groups is 1. The first-order valence-corrected chi connectivity index (χ1v) is 7.73. The van der Waals surface area contributed by atoms with Crippen molar-refractivity contribution in [2.45, 2.75) is 11.9 Å². The molecule has 0 bridgehead atoms. The van der Waals surface area contributed by atoms with Gasteiger partial charge in [-0.1, -0.05) is 27.7 Å². The van der Waals surface area contributed by atoms with Gasteiger partial charge < -0.3 is 11.1 Å². The van der Waals surface area contributed by atoms with Crippen molar-refractivity contribution in [3.8, 4) is 0 Å². The summed E-state index contributed by atoms with van der Waals surface area (Å²) in [4.78, 5) is 16.1. The summed E-state index contributed by atoms with van der Waals surface area (Å²) in [6.45, 7) is 1.95. The Bertz CT molecular complexity index is 634. The van der Waals surface area contributed by atoms with Gasteiger partial charge >= 0.3 is 0 Å². The second-order valence-electron chi connectivity index (χ2n) is 4.19. The van der Waals surface area contributed by atoms with Gasteiger partial charge in [-0.05, 0) is 42.8 Å². The molecule has 1 aromatic carbocycles. The third kappa shape index (κ3) is 3.98. The maximum atomic E-state index is 11.9. The van der Waals surface area contributed by atoms with E-state index in [-0.39, 0.29) is 11.7 Å². The van der Waals surface area contributed by atoms with E-state index < -0.39 is 0 Å².